The van der Waals surface area contributed by atoms with Crippen LogP contribution in [0.25, 0.3) is 6.08 Å². The van der Waals surface area contributed by atoms with E-state index in [-0.39, 0.29) is 11.6 Å². The van der Waals surface area contributed by atoms with Gasteiger partial charge in [-0.05, 0) is 48.0 Å². The second-order valence-electron chi connectivity index (χ2n) is 5.40. The van der Waals surface area contributed by atoms with Gasteiger partial charge in [-0.3, -0.25) is 4.79 Å². The van der Waals surface area contributed by atoms with Crippen LogP contribution in [0.2, 0.25) is 0 Å². The molecule has 1 aliphatic heterocycles. The number of anilines is 1. The smallest absolute Gasteiger partial charge is 0.185 e. The van der Waals surface area contributed by atoms with Gasteiger partial charge in [0.2, 0.25) is 0 Å². The maximum Gasteiger partial charge on any atom is 0.185 e. The Morgan fingerprint density at radius 3 is 2.30 bits per heavy atom. The highest BCUT2D eigenvalue weighted by atomic mass is 19.1. The van der Waals surface area contributed by atoms with Gasteiger partial charge >= 0.3 is 0 Å². The van der Waals surface area contributed by atoms with Gasteiger partial charge in [0.25, 0.3) is 0 Å². The van der Waals surface area contributed by atoms with E-state index in [0.717, 1.165) is 37.6 Å². The van der Waals surface area contributed by atoms with Crippen molar-refractivity contribution in [2.24, 2.45) is 0 Å². The zero-order valence-electron chi connectivity index (χ0n) is 12.7. The zero-order chi connectivity index (χ0) is 16.1. The molecule has 4 heteroatoms. The number of rotatable bonds is 4. The Morgan fingerprint density at radius 1 is 1.00 bits per heavy atom. The minimum absolute atomic E-state index is 0.137. The molecule has 23 heavy (non-hydrogen) atoms. The predicted octanol–water partition coefficient (Wildman–Crippen LogP) is 3.56. The zero-order valence-corrected chi connectivity index (χ0v) is 12.7. The Kier molecular flexibility index (Phi) is 4.83. The van der Waals surface area contributed by atoms with Crippen LogP contribution in [0.4, 0.5) is 10.1 Å². The average molecular weight is 311 g/mol. The molecule has 0 saturated carbocycles. The fourth-order valence-electron chi connectivity index (χ4n) is 2.50. The third kappa shape index (κ3) is 4.05. The lowest BCUT2D eigenvalue weighted by molar-refractivity contribution is 0.104. The van der Waals surface area contributed by atoms with Crippen LogP contribution in [-0.2, 0) is 4.74 Å². The van der Waals surface area contributed by atoms with Crippen molar-refractivity contribution >= 4 is 17.5 Å². The van der Waals surface area contributed by atoms with E-state index in [1.807, 2.05) is 24.3 Å². The summed E-state index contributed by atoms with van der Waals surface area (Å²) in [6, 6.07) is 13.6. The van der Waals surface area contributed by atoms with E-state index in [0.29, 0.717) is 5.56 Å². The van der Waals surface area contributed by atoms with Crippen molar-refractivity contribution in [2.45, 2.75) is 0 Å². The molecule has 118 valence electrons. The molecule has 0 unspecified atom stereocenters. The van der Waals surface area contributed by atoms with Crippen molar-refractivity contribution in [2.75, 3.05) is 31.2 Å². The molecular formula is C19H18FNO2. The molecule has 0 N–H and O–H groups in total. The van der Waals surface area contributed by atoms with Crippen molar-refractivity contribution < 1.29 is 13.9 Å². The fourth-order valence-corrected chi connectivity index (χ4v) is 2.50. The number of morpholine rings is 1. The van der Waals surface area contributed by atoms with Gasteiger partial charge in [0.1, 0.15) is 5.82 Å². The molecule has 0 spiro atoms. The van der Waals surface area contributed by atoms with Gasteiger partial charge in [-0.2, -0.15) is 0 Å². The first-order valence-corrected chi connectivity index (χ1v) is 7.63. The lowest BCUT2D eigenvalue weighted by atomic mass is 10.1. The lowest BCUT2D eigenvalue weighted by Crippen LogP contribution is -2.36. The predicted molar refractivity (Wildman–Crippen MR) is 89.2 cm³/mol. The summed E-state index contributed by atoms with van der Waals surface area (Å²) in [6.07, 6.45) is 3.28. The monoisotopic (exact) mass is 311 g/mol. The number of allylic oxidation sites excluding steroid dienone is 1. The van der Waals surface area contributed by atoms with E-state index in [9.17, 15) is 9.18 Å². The van der Waals surface area contributed by atoms with Gasteiger partial charge in [0, 0.05) is 24.3 Å². The molecule has 0 atom stereocenters. The second kappa shape index (κ2) is 7.20. The molecule has 1 saturated heterocycles. The summed E-state index contributed by atoms with van der Waals surface area (Å²) in [5.74, 6) is -0.480. The number of carbonyl (C=O) groups excluding carboxylic acids is 1. The summed E-state index contributed by atoms with van der Waals surface area (Å²) < 4.78 is 18.2. The number of ether oxygens (including phenoxy) is 1. The Balaban J connectivity index is 1.65. The first kappa shape index (κ1) is 15.4. The van der Waals surface area contributed by atoms with Crippen LogP contribution in [0, 0.1) is 5.82 Å². The van der Waals surface area contributed by atoms with Crippen LogP contribution in [0.5, 0.6) is 0 Å². The maximum atomic E-state index is 12.9. The SMILES string of the molecule is O=C(/C=C/c1ccc(N2CCOCC2)cc1)c1ccc(F)cc1. The number of halogens is 1. The Bertz CT molecular complexity index is 686. The Labute approximate surface area is 135 Å². The van der Waals surface area contributed by atoms with Crippen molar-refractivity contribution in [1.29, 1.82) is 0 Å². The molecule has 3 rings (SSSR count). The number of hydrogen-bond donors (Lipinski definition) is 0. The molecule has 1 heterocycles. The quantitative estimate of drug-likeness (QED) is 0.639. The van der Waals surface area contributed by atoms with E-state index in [2.05, 4.69) is 4.90 Å². The molecular weight excluding hydrogens is 293 g/mol. The largest absolute Gasteiger partial charge is 0.378 e. The topological polar surface area (TPSA) is 29.5 Å². The van der Waals surface area contributed by atoms with E-state index in [1.54, 1.807) is 6.08 Å². The number of nitrogens with zero attached hydrogens (tertiary/aromatic N) is 1. The second-order valence-corrected chi connectivity index (χ2v) is 5.40. The summed E-state index contributed by atoms with van der Waals surface area (Å²) in [6.45, 7) is 3.32. The van der Waals surface area contributed by atoms with E-state index in [4.69, 9.17) is 4.74 Å². The van der Waals surface area contributed by atoms with Crippen molar-refractivity contribution in [1.82, 2.24) is 0 Å². The Hall–Kier alpha value is -2.46. The first-order valence-electron chi connectivity index (χ1n) is 7.63. The fraction of sp³-hybridized carbons (Fsp3) is 0.211. The number of ketones is 1. The Morgan fingerprint density at radius 2 is 1.65 bits per heavy atom. The molecule has 0 aliphatic carbocycles. The molecule has 0 aromatic heterocycles. The van der Waals surface area contributed by atoms with Gasteiger partial charge < -0.3 is 9.64 Å². The van der Waals surface area contributed by atoms with Crippen LogP contribution < -0.4 is 4.90 Å². The normalized spacial score (nSPS) is 15.1. The molecule has 0 bridgehead atoms. The average Bonchev–Trinajstić information content (AvgIpc) is 2.61. The summed E-state index contributed by atoms with van der Waals surface area (Å²) in [5.41, 5.74) is 2.60. The highest BCUT2D eigenvalue weighted by Gasteiger charge is 2.10. The molecule has 1 fully saturated rings. The number of carbonyl (C=O) groups is 1. The van der Waals surface area contributed by atoms with Crippen LogP contribution >= 0.6 is 0 Å². The van der Waals surface area contributed by atoms with E-state index in [1.165, 1.54) is 30.3 Å². The third-order valence-electron chi connectivity index (χ3n) is 3.83. The van der Waals surface area contributed by atoms with Crippen molar-refractivity contribution in [3.05, 3.63) is 71.6 Å². The van der Waals surface area contributed by atoms with Gasteiger partial charge in [-0.1, -0.05) is 18.2 Å². The van der Waals surface area contributed by atoms with Crippen molar-refractivity contribution in [3.63, 3.8) is 0 Å². The van der Waals surface area contributed by atoms with Crippen LogP contribution in [0.1, 0.15) is 15.9 Å². The molecule has 2 aromatic rings. The molecule has 2 aromatic carbocycles. The molecule has 1 aliphatic rings. The number of benzene rings is 2. The van der Waals surface area contributed by atoms with Crippen LogP contribution in [0.15, 0.2) is 54.6 Å². The lowest BCUT2D eigenvalue weighted by Gasteiger charge is -2.28. The highest BCUT2D eigenvalue weighted by molar-refractivity contribution is 6.06. The molecule has 0 amide bonds. The first-order chi connectivity index (χ1) is 11.2. The molecule has 3 nitrogen and oxygen atoms in total. The third-order valence-corrected chi connectivity index (χ3v) is 3.83. The van der Waals surface area contributed by atoms with Gasteiger partial charge in [0.05, 0.1) is 13.2 Å². The summed E-state index contributed by atoms with van der Waals surface area (Å²) in [7, 11) is 0. The minimum Gasteiger partial charge on any atom is -0.378 e. The van der Waals surface area contributed by atoms with Gasteiger partial charge in [-0.25, -0.2) is 4.39 Å². The highest BCUT2D eigenvalue weighted by Crippen LogP contribution is 2.17. The van der Waals surface area contributed by atoms with Crippen molar-refractivity contribution in [3.8, 4) is 0 Å². The summed E-state index contributed by atoms with van der Waals surface area (Å²) >= 11 is 0. The maximum absolute atomic E-state index is 12.9. The van der Waals surface area contributed by atoms with E-state index < -0.39 is 0 Å². The molecule has 0 radical (unpaired) electrons. The standard InChI is InChI=1S/C19H18FNO2/c20-17-6-4-16(5-7-17)19(22)10-3-15-1-8-18(9-2-15)21-11-13-23-14-12-21/h1-10H,11-14H2/b10-3+. The summed E-state index contributed by atoms with van der Waals surface area (Å²) in [4.78, 5) is 14.3. The van der Waals surface area contributed by atoms with Crippen LogP contribution in [-0.4, -0.2) is 32.1 Å². The van der Waals surface area contributed by atoms with Gasteiger partial charge in [-0.15, -0.1) is 0 Å². The van der Waals surface area contributed by atoms with Gasteiger partial charge in [0.15, 0.2) is 5.78 Å². The van der Waals surface area contributed by atoms with E-state index >= 15 is 0 Å². The minimum atomic E-state index is -0.343. The summed E-state index contributed by atoms with van der Waals surface area (Å²) in [5, 5.41) is 0. The number of hydrogen-bond acceptors (Lipinski definition) is 3. The van der Waals surface area contributed by atoms with Crippen LogP contribution in [0.3, 0.4) is 0 Å².